The number of rotatable bonds is 5. The molecule has 0 aromatic carbocycles. The Morgan fingerprint density at radius 1 is 1.27 bits per heavy atom. The molecule has 15 heavy (non-hydrogen) atoms. The zero-order valence-corrected chi connectivity index (χ0v) is 8.29. The smallest absolute Gasteiger partial charge is 0.417 e. The van der Waals surface area contributed by atoms with E-state index in [1.165, 1.54) is 6.92 Å². The van der Waals surface area contributed by atoms with Crippen LogP contribution >= 0.6 is 0 Å². The van der Waals surface area contributed by atoms with Crippen molar-refractivity contribution >= 4 is 11.9 Å². The van der Waals surface area contributed by atoms with Crippen LogP contribution in [-0.4, -0.2) is 31.8 Å². The van der Waals surface area contributed by atoms with Crippen LogP contribution in [0.3, 0.4) is 0 Å². The van der Waals surface area contributed by atoms with E-state index in [2.05, 4.69) is 9.47 Å². The highest BCUT2D eigenvalue weighted by molar-refractivity contribution is 6.29. The molecule has 0 aromatic rings. The quantitative estimate of drug-likeness (QED) is 0.519. The lowest BCUT2D eigenvalue weighted by Crippen LogP contribution is -2.20. The number of hydrogen-bond acceptors (Lipinski definition) is 4. The Hall–Kier alpha value is -1.46. The second-order valence-electron chi connectivity index (χ2n) is 2.43. The fourth-order valence-electron chi connectivity index (χ4n) is 0.654. The van der Waals surface area contributed by atoms with E-state index in [4.69, 9.17) is 0 Å². The fourth-order valence-corrected chi connectivity index (χ4v) is 0.654. The Balaban J connectivity index is 3.84. The van der Waals surface area contributed by atoms with Gasteiger partial charge in [-0.05, 0) is 19.4 Å². The van der Waals surface area contributed by atoms with Crippen LogP contribution in [-0.2, 0) is 19.1 Å². The van der Waals surface area contributed by atoms with Gasteiger partial charge in [-0.2, -0.15) is 0 Å². The third-order valence-corrected chi connectivity index (χ3v) is 1.26. The van der Waals surface area contributed by atoms with E-state index in [9.17, 15) is 18.4 Å². The summed E-state index contributed by atoms with van der Waals surface area (Å²) < 4.78 is 32.8. The number of alkyl halides is 1. The molecule has 0 aliphatic carbocycles. The molecule has 86 valence electrons. The van der Waals surface area contributed by atoms with E-state index in [0.717, 1.165) is 6.08 Å². The highest BCUT2D eigenvalue weighted by atomic mass is 19.1. The zero-order valence-electron chi connectivity index (χ0n) is 8.29. The molecule has 4 nitrogen and oxygen atoms in total. The minimum atomic E-state index is -1.26. The van der Waals surface area contributed by atoms with Crippen molar-refractivity contribution in [2.45, 2.75) is 13.3 Å². The molecular formula is C9H12F2O4. The maximum Gasteiger partial charge on any atom is 0.417 e. The Morgan fingerprint density at radius 3 is 2.40 bits per heavy atom. The van der Waals surface area contributed by atoms with Gasteiger partial charge >= 0.3 is 11.9 Å². The minimum absolute atomic E-state index is 0.0358. The van der Waals surface area contributed by atoms with Gasteiger partial charge in [-0.25, -0.2) is 14.0 Å². The molecule has 0 bridgehead atoms. The van der Waals surface area contributed by atoms with Crippen molar-refractivity contribution in [2.24, 2.45) is 0 Å². The van der Waals surface area contributed by atoms with Crippen LogP contribution in [0.1, 0.15) is 13.3 Å². The first-order chi connectivity index (χ1) is 7.11. The summed E-state index contributed by atoms with van der Waals surface area (Å²) in [5.41, 5.74) is 0. The van der Waals surface area contributed by atoms with E-state index >= 15 is 0 Å². The molecular weight excluding hydrogens is 210 g/mol. The van der Waals surface area contributed by atoms with Crippen LogP contribution in [0.2, 0.25) is 0 Å². The number of carbonyl (C=O) groups excluding carboxylic acids is 2. The molecule has 0 saturated carbocycles. The van der Waals surface area contributed by atoms with E-state index in [-0.39, 0.29) is 13.0 Å². The summed E-state index contributed by atoms with van der Waals surface area (Å²) in [4.78, 5) is 21.4. The van der Waals surface area contributed by atoms with Gasteiger partial charge in [0.2, 0.25) is 0 Å². The molecule has 0 N–H and O–H groups in total. The van der Waals surface area contributed by atoms with Gasteiger partial charge in [-0.1, -0.05) is 0 Å². The Labute approximate surface area is 85.9 Å². The summed E-state index contributed by atoms with van der Waals surface area (Å²) in [7, 11) is 0. The van der Waals surface area contributed by atoms with E-state index in [0.29, 0.717) is 0 Å². The topological polar surface area (TPSA) is 52.6 Å². The number of carbonyl (C=O) groups is 2. The normalized spacial score (nSPS) is 11.0. The van der Waals surface area contributed by atoms with Crippen molar-refractivity contribution in [1.29, 1.82) is 0 Å². The highest BCUT2D eigenvalue weighted by Gasteiger charge is 2.16. The van der Waals surface area contributed by atoms with Gasteiger partial charge in [0.1, 0.15) is 12.4 Å². The van der Waals surface area contributed by atoms with E-state index in [1.807, 2.05) is 0 Å². The number of halogens is 2. The average Bonchev–Trinajstić information content (AvgIpc) is 2.23. The van der Waals surface area contributed by atoms with E-state index in [1.54, 1.807) is 0 Å². The van der Waals surface area contributed by atoms with Crippen LogP contribution in [0, 0.1) is 0 Å². The first kappa shape index (κ1) is 13.5. The predicted octanol–water partition coefficient (Wildman–Crippen LogP) is 1.31. The average molecular weight is 222 g/mol. The largest absolute Gasteiger partial charge is 0.458 e. The zero-order chi connectivity index (χ0) is 11.7. The molecule has 0 heterocycles. The van der Waals surface area contributed by atoms with E-state index < -0.39 is 31.0 Å². The highest BCUT2D eigenvalue weighted by Crippen LogP contribution is 2.00. The molecule has 0 saturated heterocycles. The number of allylic oxidation sites excluding steroid dienone is 1. The molecule has 0 fully saturated rings. The number of hydrogen-bond donors (Lipinski definition) is 0. The van der Waals surface area contributed by atoms with Gasteiger partial charge in [0.05, 0.1) is 13.3 Å². The van der Waals surface area contributed by atoms with Crippen molar-refractivity contribution < 1.29 is 27.8 Å². The van der Waals surface area contributed by atoms with Gasteiger partial charge in [-0.3, -0.25) is 4.39 Å². The molecule has 0 spiro atoms. The van der Waals surface area contributed by atoms with Crippen molar-refractivity contribution in [3.63, 3.8) is 0 Å². The van der Waals surface area contributed by atoms with Crippen LogP contribution in [0.4, 0.5) is 8.78 Å². The molecule has 6 heteroatoms. The molecule has 0 rings (SSSR count). The molecule has 0 unspecified atom stereocenters. The number of esters is 2. The standard InChI is InChI=1S/C9H12F2O4/c1-2-14-8(12)9(13)15-6-7(11)4-3-5-10/h4H,2-3,5-6H2,1H3. The maximum atomic E-state index is 12.7. The summed E-state index contributed by atoms with van der Waals surface area (Å²) >= 11 is 0. The Kier molecular flexibility index (Phi) is 7.13. The lowest BCUT2D eigenvalue weighted by molar-refractivity contribution is -0.167. The van der Waals surface area contributed by atoms with Crippen LogP contribution in [0.5, 0.6) is 0 Å². The molecule has 0 aromatic heterocycles. The summed E-state index contributed by atoms with van der Waals surface area (Å²) in [6.45, 7) is 0.178. The second kappa shape index (κ2) is 7.90. The van der Waals surface area contributed by atoms with Crippen molar-refractivity contribution in [3.8, 4) is 0 Å². The van der Waals surface area contributed by atoms with Gasteiger partial charge in [0.25, 0.3) is 0 Å². The minimum Gasteiger partial charge on any atom is -0.458 e. The summed E-state index contributed by atoms with van der Waals surface area (Å²) in [5, 5.41) is 0. The predicted molar refractivity (Wildman–Crippen MR) is 47.4 cm³/mol. The lowest BCUT2D eigenvalue weighted by atomic mass is 10.4. The first-order valence-electron chi connectivity index (χ1n) is 4.36. The third-order valence-electron chi connectivity index (χ3n) is 1.26. The van der Waals surface area contributed by atoms with Crippen LogP contribution in [0.15, 0.2) is 11.9 Å². The Morgan fingerprint density at radius 2 is 1.87 bits per heavy atom. The maximum absolute atomic E-state index is 12.7. The molecule has 0 atom stereocenters. The van der Waals surface area contributed by atoms with Crippen molar-refractivity contribution in [3.05, 3.63) is 11.9 Å². The van der Waals surface area contributed by atoms with Crippen molar-refractivity contribution in [1.82, 2.24) is 0 Å². The molecule has 0 aliphatic rings. The molecule has 0 radical (unpaired) electrons. The van der Waals surface area contributed by atoms with Gasteiger partial charge in [0, 0.05) is 0 Å². The van der Waals surface area contributed by atoms with Gasteiger partial charge in [-0.15, -0.1) is 0 Å². The number of ether oxygens (including phenoxy) is 2. The third kappa shape index (κ3) is 6.59. The van der Waals surface area contributed by atoms with Crippen molar-refractivity contribution in [2.75, 3.05) is 19.9 Å². The molecule has 0 amide bonds. The summed E-state index contributed by atoms with van der Waals surface area (Å²) in [6, 6.07) is 0. The lowest BCUT2D eigenvalue weighted by Gasteiger charge is -2.02. The van der Waals surface area contributed by atoms with Crippen LogP contribution < -0.4 is 0 Å². The summed E-state index contributed by atoms with van der Waals surface area (Å²) in [6.07, 6.45) is 0.848. The SMILES string of the molecule is CCOC(=O)C(=O)OCC(F)=CCCF. The van der Waals surface area contributed by atoms with Gasteiger partial charge < -0.3 is 9.47 Å². The molecule has 0 aliphatic heterocycles. The summed E-state index contributed by atoms with van der Waals surface area (Å²) in [5.74, 6) is -3.23. The second-order valence-corrected chi connectivity index (χ2v) is 2.43. The van der Waals surface area contributed by atoms with Gasteiger partial charge in [0.15, 0.2) is 0 Å². The fraction of sp³-hybridized carbons (Fsp3) is 0.556. The Bertz CT molecular complexity index is 250. The first-order valence-corrected chi connectivity index (χ1v) is 4.36. The van der Waals surface area contributed by atoms with Crippen LogP contribution in [0.25, 0.3) is 0 Å². The monoisotopic (exact) mass is 222 g/mol.